The third-order valence-electron chi connectivity index (χ3n) is 3.78. The van der Waals surface area contributed by atoms with E-state index in [0.717, 1.165) is 18.5 Å². The highest BCUT2D eigenvalue weighted by Gasteiger charge is 2.14. The first-order valence-electron chi connectivity index (χ1n) is 7.50. The van der Waals surface area contributed by atoms with Gasteiger partial charge in [0, 0.05) is 18.3 Å². The van der Waals surface area contributed by atoms with Crippen LogP contribution in [0.15, 0.2) is 48.7 Å². The molecule has 0 aliphatic heterocycles. The Hall–Kier alpha value is -1.67. The zero-order valence-electron chi connectivity index (χ0n) is 12.6. The van der Waals surface area contributed by atoms with Gasteiger partial charge in [0.2, 0.25) is 0 Å². The van der Waals surface area contributed by atoms with E-state index in [1.165, 1.54) is 11.1 Å². The predicted molar refractivity (Wildman–Crippen MR) is 84.6 cm³/mol. The maximum Gasteiger partial charge on any atom is 0.0570 e. The van der Waals surface area contributed by atoms with Gasteiger partial charge in [-0.2, -0.15) is 0 Å². The average molecular weight is 268 g/mol. The third-order valence-corrected chi connectivity index (χ3v) is 3.78. The van der Waals surface area contributed by atoms with Crippen molar-refractivity contribution in [1.29, 1.82) is 0 Å². The largest absolute Gasteiger partial charge is 0.302 e. The number of nitrogens with zero attached hydrogens (tertiary/aromatic N) is 1. The second kappa shape index (κ2) is 7.20. The van der Waals surface area contributed by atoms with Crippen molar-refractivity contribution in [1.82, 2.24) is 10.3 Å². The van der Waals surface area contributed by atoms with Gasteiger partial charge in [0.15, 0.2) is 0 Å². The molecular weight excluding hydrogens is 244 g/mol. The molecule has 0 amide bonds. The SMILES string of the molecule is CCc1ccc(C(CC)NC(C)c2ccccn2)cc1. The lowest BCUT2D eigenvalue weighted by Crippen LogP contribution is -2.24. The van der Waals surface area contributed by atoms with Crippen LogP contribution in [0.4, 0.5) is 0 Å². The van der Waals surface area contributed by atoms with Crippen molar-refractivity contribution in [2.24, 2.45) is 0 Å². The molecular formula is C18H24N2. The highest BCUT2D eigenvalue weighted by atomic mass is 15.0. The molecule has 2 rings (SSSR count). The molecule has 2 nitrogen and oxygen atoms in total. The van der Waals surface area contributed by atoms with Crippen molar-refractivity contribution >= 4 is 0 Å². The molecule has 1 aromatic carbocycles. The van der Waals surface area contributed by atoms with E-state index >= 15 is 0 Å². The molecule has 2 aromatic rings. The molecule has 1 aromatic heterocycles. The van der Waals surface area contributed by atoms with Gasteiger partial charge in [-0.05, 0) is 43.0 Å². The van der Waals surface area contributed by atoms with E-state index in [-0.39, 0.29) is 6.04 Å². The van der Waals surface area contributed by atoms with Gasteiger partial charge in [0.1, 0.15) is 0 Å². The summed E-state index contributed by atoms with van der Waals surface area (Å²) in [6.45, 7) is 6.58. The molecule has 1 heterocycles. The van der Waals surface area contributed by atoms with E-state index in [1.807, 2.05) is 18.3 Å². The minimum absolute atomic E-state index is 0.256. The smallest absolute Gasteiger partial charge is 0.0570 e. The van der Waals surface area contributed by atoms with Crippen LogP contribution in [0.2, 0.25) is 0 Å². The normalized spacial score (nSPS) is 13.9. The summed E-state index contributed by atoms with van der Waals surface area (Å²) in [6, 6.07) is 15.6. The molecule has 0 aliphatic rings. The van der Waals surface area contributed by atoms with E-state index in [9.17, 15) is 0 Å². The summed E-state index contributed by atoms with van der Waals surface area (Å²) in [5.41, 5.74) is 3.84. The first kappa shape index (κ1) is 14.7. The summed E-state index contributed by atoms with van der Waals surface area (Å²) in [5.74, 6) is 0. The van der Waals surface area contributed by atoms with E-state index in [2.05, 4.69) is 61.4 Å². The molecule has 0 saturated heterocycles. The maximum atomic E-state index is 4.42. The summed E-state index contributed by atoms with van der Waals surface area (Å²) in [4.78, 5) is 4.42. The second-order valence-electron chi connectivity index (χ2n) is 5.20. The van der Waals surface area contributed by atoms with Gasteiger partial charge in [0.25, 0.3) is 0 Å². The minimum Gasteiger partial charge on any atom is -0.302 e. The Morgan fingerprint density at radius 2 is 1.80 bits per heavy atom. The molecule has 106 valence electrons. The lowest BCUT2D eigenvalue weighted by atomic mass is 10.0. The van der Waals surface area contributed by atoms with Crippen molar-refractivity contribution in [3.8, 4) is 0 Å². The molecule has 0 spiro atoms. The maximum absolute atomic E-state index is 4.42. The molecule has 2 heteroatoms. The Kier molecular flexibility index (Phi) is 5.31. The number of nitrogens with one attached hydrogen (secondary N) is 1. The fraction of sp³-hybridized carbons (Fsp3) is 0.389. The van der Waals surface area contributed by atoms with Crippen LogP contribution in [0.25, 0.3) is 0 Å². The standard InChI is InChI=1S/C18H24N2/c1-4-15-9-11-16(12-10-15)17(5-2)20-14(3)18-8-6-7-13-19-18/h6-14,17,20H,4-5H2,1-3H3. The quantitative estimate of drug-likeness (QED) is 0.837. The van der Waals surface area contributed by atoms with Crippen LogP contribution in [-0.2, 0) is 6.42 Å². The predicted octanol–water partition coefficient (Wildman–Crippen LogP) is 4.45. The summed E-state index contributed by atoms with van der Waals surface area (Å²) in [7, 11) is 0. The average Bonchev–Trinajstić information content (AvgIpc) is 2.53. The molecule has 0 saturated carbocycles. The van der Waals surface area contributed by atoms with Crippen molar-refractivity contribution in [2.45, 2.75) is 45.7 Å². The number of rotatable bonds is 6. The minimum atomic E-state index is 0.256. The van der Waals surface area contributed by atoms with Gasteiger partial charge < -0.3 is 5.32 Å². The van der Waals surface area contributed by atoms with Crippen molar-refractivity contribution in [3.05, 3.63) is 65.5 Å². The van der Waals surface area contributed by atoms with Gasteiger partial charge in [-0.25, -0.2) is 0 Å². The van der Waals surface area contributed by atoms with Crippen molar-refractivity contribution in [2.75, 3.05) is 0 Å². The van der Waals surface area contributed by atoms with E-state index in [4.69, 9.17) is 0 Å². The zero-order valence-corrected chi connectivity index (χ0v) is 12.6. The van der Waals surface area contributed by atoms with Crippen LogP contribution in [0.1, 0.15) is 56.1 Å². The number of aromatic nitrogens is 1. The number of hydrogen-bond acceptors (Lipinski definition) is 2. The van der Waals surface area contributed by atoms with Gasteiger partial charge in [-0.1, -0.05) is 44.2 Å². The van der Waals surface area contributed by atoms with Crippen LogP contribution in [0, 0.1) is 0 Å². The molecule has 0 bridgehead atoms. The Labute approximate surface area is 122 Å². The van der Waals surface area contributed by atoms with Crippen LogP contribution in [0.5, 0.6) is 0 Å². The monoisotopic (exact) mass is 268 g/mol. The van der Waals surface area contributed by atoms with Crippen LogP contribution in [0.3, 0.4) is 0 Å². The molecule has 1 N–H and O–H groups in total. The Morgan fingerprint density at radius 1 is 1.05 bits per heavy atom. The lowest BCUT2D eigenvalue weighted by molar-refractivity contribution is 0.450. The summed E-state index contributed by atoms with van der Waals surface area (Å²) in [5, 5.41) is 3.67. The van der Waals surface area contributed by atoms with Crippen LogP contribution in [-0.4, -0.2) is 4.98 Å². The number of aryl methyl sites for hydroxylation is 1. The van der Waals surface area contributed by atoms with E-state index in [1.54, 1.807) is 0 Å². The van der Waals surface area contributed by atoms with Crippen LogP contribution < -0.4 is 5.32 Å². The topological polar surface area (TPSA) is 24.9 Å². The highest BCUT2D eigenvalue weighted by molar-refractivity contribution is 5.25. The first-order chi connectivity index (χ1) is 9.74. The summed E-state index contributed by atoms with van der Waals surface area (Å²) < 4.78 is 0. The number of hydrogen-bond donors (Lipinski definition) is 1. The molecule has 2 atom stereocenters. The summed E-state index contributed by atoms with van der Waals surface area (Å²) >= 11 is 0. The fourth-order valence-electron chi connectivity index (χ4n) is 2.45. The van der Waals surface area contributed by atoms with Gasteiger partial charge in [-0.3, -0.25) is 4.98 Å². The molecule has 0 aliphatic carbocycles. The zero-order chi connectivity index (χ0) is 14.4. The van der Waals surface area contributed by atoms with E-state index in [0.29, 0.717) is 6.04 Å². The van der Waals surface area contributed by atoms with E-state index < -0.39 is 0 Å². The number of benzene rings is 1. The Morgan fingerprint density at radius 3 is 2.35 bits per heavy atom. The van der Waals surface area contributed by atoms with Gasteiger partial charge in [-0.15, -0.1) is 0 Å². The summed E-state index contributed by atoms with van der Waals surface area (Å²) in [6.07, 6.45) is 4.02. The first-order valence-corrected chi connectivity index (χ1v) is 7.50. The second-order valence-corrected chi connectivity index (χ2v) is 5.20. The Balaban J connectivity index is 2.08. The molecule has 20 heavy (non-hydrogen) atoms. The van der Waals surface area contributed by atoms with Crippen LogP contribution >= 0.6 is 0 Å². The third kappa shape index (κ3) is 3.67. The Bertz CT molecular complexity index is 505. The number of pyridine rings is 1. The lowest BCUT2D eigenvalue weighted by Gasteiger charge is -2.22. The highest BCUT2D eigenvalue weighted by Crippen LogP contribution is 2.21. The van der Waals surface area contributed by atoms with Gasteiger partial charge in [0.05, 0.1) is 5.69 Å². The molecule has 0 fully saturated rings. The fourth-order valence-corrected chi connectivity index (χ4v) is 2.45. The molecule has 0 radical (unpaired) electrons. The van der Waals surface area contributed by atoms with Gasteiger partial charge >= 0.3 is 0 Å². The van der Waals surface area contributed by atoms with Crippen molar-refractivity contribution in [3.63, 3.8) is 0 Å². The molecule has 2 unspecified atom stereocenters. The van der Waals surface area contributed by atoms with Crippen molar-refractivity contribution < 1.29 is 0 Å².